The monoisotopic (exact) mass is 281 g/mol. The van der Waals surface area contributed by atoms with E-state index in [0.717, 1.165) is 25.1 Å². The molecule has 2 aliphatic carbocycles. The topological polar surface area (TPSA) is 21.3 Å². The van der Waals surface area contributed by atoms with Crippen molar-refractivity contribution in [2.75, 3.05) is 13.2 Å². The molecular weight excluding hydrogens is 246 g/mol. The van der Waals surface area contributed by atoms with Crippen LogP contribution in [-0.2, 0) is 4.74 Å². The highest BCUT2D eigenvalue weighted by molar-refractivity contribution is 4.92. The van der Waals surface area contributed by atoms with E-state index < -0.39 is 0 Å². The highest BCUT2D eigenvalue weighted by Crippen LogP contribution is 2.37. The zero-order valence-corrected chi connectivity index (χ0v) is 13.8. The van der Waals surface area contributed by atoms with Crippen molar-refractivity contribution in [1.82, 2.24) is 5.32 Å². The van der Waals surface area contributed by atoms with Gasteiger partial charge in [-0.3, -0.25) is 0 Å². The molecule has 0 aromatic heterocycles. The van der Waals surface area contributed by atoms with Gasteiger partial charge in [-0.15, -0.1) is 0 Å². The summed E-state index contributed by atoms with van der Waals surface area (Å²) in [6, 6.07) is 0.805. The average molecular weight is 281 g/mol. The summed E-state index contributed by atoms with van der Waals surface area (Å²) < 4.78 is 6.41. The minimum Gasteiger partial charge on any atom is -0.374 e. The predicted octanol–water partition coefficient (Wildman–Crippen LogP) is 4.67. The van der Waals surface area contributed by atoms with E-state index in [9.17, 15) is 0 Å². The van der Waals surface area contributed by atoms with Gasteiger partial charge in [0.25, 0.3) is 0 Å². The summed E-state index contributed by atoms with van der Waals surface area (Å²) in [4.78, 5) is 0. The summed E-state index contributed by atoms with van der Waals surface area (Å²) in [5.41, 5.74) is 0.167. The molecule has 2 saturated carbocycles. The molecule has 2 nitrogen and oxygen atoms in total. The number of unbranched alkanes of at least 4 members (excludes halogenated alkanes) is 2. The molecule has 0 radical (unpaired) electrons. The van der Waals surface area contributed by atoms with Crippen LogP contribution in [0.1, 0.15) is 84.5 Å². The predicted molar refractivity (Wildman–Crippen MR) is 86.1 cm³/mol. The second-order valence-corrected chi connectivity index (χ2v) is 7.13. The Morgan fingerprint density at radius 1 is 1.00 bits per heavy atom. The molecule has 2 rings (SSSR count). The minimum atomic E-state index is 0.167. The van der Waals surface area contributed by atoms with Gasteiger partial charge in [0.05, 0.1) is 5.60 Å². The first-order valence-corrected chi connectivity index (χ1v) is 9.15. The summed E-state index contributed by atoms with van der Waals surface area (Å²) >= 11 is 0. The maximum absolute atomic E-state index is 6.41. The third kappa shape index (κ3) is 5.37. The molecule has 0 bridgehead atoms. The Kier molecular flexibility index (Phi) is 6.83. The van der Waals surface area contributed by atoms with Crippen LogP contribution < -0.4 is 5.32 Å². The van der Waals surface area contributed by atoms with Gasteiger partial charge in [-0.25, -0.2) is 0 Å². The van der Waals surface area contributed by atoms with Crippen molar-refractivity contribution in [2.24, 2.45) is 5.92 Å². The van der Waals surface area contributed by atoms with E-state index in [-0.39, 0.29) is 5.60 Å². The van der Waals surface area contributed by atoms with E-state index in [1.807, 2.05) is 0 Å². The largest absolute Gasteiger partial charge is 0.374 e. The lowest BCUT2D eigenvalue weighted by Crippen LogP contribution is -2.46. The van der Waals surface area contributed by atoms with E-state index in [4.69, 9.17) is 4.74 Å². The number of hydrogen-bond donors (Lipinski definition) is 1. The van der Waals surface area contributed by atoms with Crippen LogP contribution in [0.3, 0.4) is 0 Å². The SMILES string of the molecule is CCCCCOC1(CNC2CC2)CCC(CCC)CC1. The van der Waals surface area contributed by atoms with Crippen molar-refractivity contribution in [1.29, 1.82) is 0 Å². The fraction of sp³-hybridized carbons (Fsp3) is 1.00. The summed E-state index contributed by atoms with van der Waals surface area (Å²) in [7, 11) is 0. The van der Waals surface area contributed by atoms with E-state index in [1.165, 1.54) is 70.6 Å². The lowest BCUT2D eigenvalue weighted by Gasteiger charge is -2.40. The summed E-state index contributed by atoms with van der Waals surface area (Å²) in [5, 5.41) is 3.73. The van der Waals surface area contributed by atoms with E-state index in [2.05, 4.69) is 19.2 Å². The minimum absolute atomic E-state index is 0.167. The van der Waals surface area contributed by atoms with Crippen LogP contribution >= 0.6 is 0 Å². The van der Waals surface area contributed by atoms with E-state index in [1.54, 1.807) is 0 Å². The maximum atomic E-state index is 6.41. The van der Waals surface area contributed by atoms with Crippen LogP contribution in [0.25, 0.3) is 0 Å². The Morgan fingerprint density at radius 3 is 2.35 bits per heavy atom. The smallest absolute Gasteiger partial charge is 0.0806 e. The number of nitrogens with one attached hydrogen (secondary N) is 1. The quantitative estimate of drug-likeness (QED) is 0.587. The molecule has 0 spiro atoms. The van der Waals surface area contributed by atoms with Crippen LogP contribution in [0.5, 0.6) is 0 Å². The van der Waals surface area contributed by atoms with Gasteiger partial charge in [0.15, 0.2) is 0 Å². The third-order valence-electron chi connectivity index (χ3n) is 5.16. The van der Waals surface area contributed by atoms with Crippen LogP contribution in [0.2, 0.25) is 0 Å². The molecule has 0 aromatic rings. The maximum Gasteiger partial charge on any atom is 0.0806 e. The Morgan fingerprint density at radius 2 is 1.75 bits per heavy atom. The molecule has 0 aliphatic heterocycles. The Labute approximate surface area is 126 Å². The van der Waals surface area contributed by atoms with Crippen LogP contribution in [-0.4, -0.2) is 24.8 Å². The van der Waals surface area contributed by atoms with E-state index in [0.29, 0.717) is 0 Å². The van der Waals surface area contributed by atoms with Crippen molar-refractivity contribution < 1.29 is 4.74 Å². The Balaban J connectivity index is 1.77. The van der Waals surface area contributed by atoms with Gasteiger partial charge in [0.2, 0.25) is 0 Å². The first-order chi connectivity index (χ1) is 9.78. The molecule has 2 fully saturated rings. The summed E-state index contributed by atoms with van der Waals surface area (Å²) in [5.74, 6) is 0.966. The van der Waals surface area contributed by atoms with Crippen LogP contribution in [0.15, 0.2) is 0 Å². The highest BCUT2D eigenvalue weighted by Gasteiger charge is 2.37. The lowest BCUT2D eigenvalue weighted by atomic mass is 9.77. The van der Waals surface area contributed by atoms with Crippen molar-refractivity contribution in [3.63, 3.8) is 0 Å². The molecule has 1 N–H and O–H groups in total. The molecule has 0 aromatic carbocycles. The van der Waals surface area contributed by atoms with Gasteiger partial charge < -0.3 is 10.1 Å². The molecule has 2 aliphatic rings. The number of ether oxygens (including phenoxy) is 1. The Bertz CT molecular complexity index is 249. The van der Waals surface area contributed by atoms with Crippen molar-refractivity contribution in [2.45, 2.75) is 96.1 Å². The molecule has 2 heteroatoms. The summed E-state index contributed by atoms with van der Waals surface area (Å²) in [6.45, 7) is 6.65. The first-order valence-electron chi connectivity index (χ1n) is 9.15. The van der Waals surface area contributed by atoms with Crippen LogP contribution in [0.4, 0.5) is 0 Å². The van der Waals surface area contributed by atoms with Crippen LogP contribution in [0, 0.1) is 5.92 Å². The van der Waals surface area contributed by atoms with Gasteiger partial charge in [-0.1, -0.05) is 39.5 Å². The standard InChI is InChI=1S/C18H35NO/c1-3-5-6-14-20-18(15-19-17-8-9-17)12-10-16(7-4-2)11-13-18/h16-17,19H,3-15H2,1-2H3. The van der Waals surface area contributed by atoms with Gasteiger partial charge in [0.1, 0.15) is 0 Å². The average Bonchev–Trinajstić information content (AvgIpc) is 3.29. The molecule has 0 unspecified atom stereocenters. The van der Waals surface area contributed by atoms with Crippen molar-refractivity contribution in [3.05, 3.63) is 0 Å². The normalized spacial score (nSPS) is 30.6. The van der Waals surface area contributed by atoms with Gasteiger partial charge in [0, 0.05) is 19.2 Å². The van der Waals surface area contributed by atoms with Gasteiger partial charge in [-0.05, 0) is 50.9 Å². The zero-order valence-electron chi connectivity index (χ0n) is 13.8. The van der Waals surface area contributed by atoms with Crippen molar-refractivity contribution >= 4 is 0 Å². The molecule has 0 atom stereocenters. The molecule has 0 amide bonds. The second kappa shape index (κ2) is 8.38. The zero-order chi connectivity index (χ0) is 14.3. The summed E-state index contributed by atoms with van der Waals surface area (Å²) in [6.07, 6.45) is 14.7. The molecule has 118 valence electrons. The number of hydrogen-bond acceptors (Lipinski definition) is 2. The third-order valence-corrected chi connectivity index (χ3v) is 5.16. The first kappa shape index (κ1) is 16.3. The molecule has 0 saturated heterocycles. The second-order valence-electron chi connectivity index (χ2n) is 7.13. The fourth-order valence-electron chi connectivity index (χ4n) is 3.53. The highest BCUT2D eigenvalue weighted by atomic mass is 16.5. The Hall–Kier alpha value is -0.0800. The van der Waals surface area contributed by atoms with Gasteiger partial charge in [-0.2, -0.15) is 0 Å². The van der Waals surface area contributed by atoms with Gasteiger partial charge >= 0.3 is 0 Å². The lowest BCUT2D eigenvalue weighted by molar-refractivity contribution is -0.0782. The van der Waals surface area contributed by atoms with Crippen molar-refractivity contribution in [3.8, 4) is 0 Å². The molecular formula is C18H35NO. The number of rotatable bonds is 10. The molecule has 0 heterocycles. The fourth-order valence-corrected chi connectivity index (χ4v) is 3.53. The molecule has 20 heavy (non-hydrogen) atoms. The van der Waals surface area contributed by atoms with E-state index >= 15 is 0 Å².